The molecular weight excluding hydrogens is 443 g/mol. The number of primary amides is 1. The lowest BCUT2D eigenvalue weighted by atomic mass is 10.1. The van der Waals surface area contributed by atoms with Crippen molar-refractivity contribution in [2.24, 2.45) is 5.73 Å². The molecular formula is C26H20ClFN2O3. The molecule has 0 atom stereocenters. The van der Waals surface area contributed by atoms with E-state index < -0.39 is 5.91 Å². The highest BCUT2D eigenvalue weighted by Crippen LogP contribution is 2.31. The van der Waals surface area contributed by atoms with Crippen LogP contribution in [-0.4, -0.2) is 10.9 Å². The minimum Gasteiger partial charge on any atom is -0.488 e. The van der Waals surface area contributed by atoms with Gasteiger partial charge in [0.05, 0.1) is 5.69 Å². The Morgan fingerprint density at radius 2 is 1.76 bits per heavy atom. The number of carbonyl (C=O) groups excluding carboxylic acids is 1. The summed E-state index contributed by atoms with van der Waals surface area (Å²) in [6.45, 7) is 2.11. The van der Waals surface area contributed by atoms with Gasteiger partial charge in [0.1, 0.15) is 35.4 Å². The average molecular weight is 463 g/mol. The van der Waals surface area contributed by atoms with Crippen LogP contribution in [0, 0.1) is 12.7 Å². The number of carbonyl (C=O) groups is 1. The van der Waals surface area contributed by atoms with Crippen LogP contribution in [0.5, 0.6) is 17.2 Å². The highest BCUT2D eigenvalue weighted by Gasteiger charge is 2.12. The summed E-state index contributed by atoms with van der Waals surface area (Å²) in [5, 5.41) is 0.627. The summed E-state index contributed by atoms with van der Waals surface area (Å²) >= 11 is 6.04. The van der Waals surface area contributed by atoms with E-state index in [4.69, 9.17) is 26.8 Å². The SMILES string of the molecule is Cc1cc(Cl)ccc1OCc1cc(-c2cccc(C(N)=O)n2)ccc1Oc1ccc(F)cc1. The van der Waals surface area contributed by atoms with E-state index >= 15 is 0 Å². The molecule has 0 unspecified atom stereocenters. The van der Waals surface area contributed by atoms with Gasteiger partial charge in [-0.2, -0.15) is 0 Å². The Bertz CT molecular complexity index is 1310. The third-order valence-electron chi connectivity index (χ3n) is 4.92. The van der Waals surface area contributed by atoms with Crippen molar-refractivity contribution in [3.63, 3.8) is 0 Å². The molecule has 3 aromatic carbocycles. The Morgan fingerprint density at radius 3 is 2.48 bits per heavy atom. The van der Waals surface area contributed by atoms with Crippen LogP contribution in [0.2, 0.25) is 5.02 Å². The van der Waals surface area contributed by atoms with Crippen LogP contribution in [0.1, 0.15) is 21.6 Å². The third kappa shape index (κ3) is 5.48. The highest BCUT2D eigenvalue weighted by atomic mass is 35.5. The first kappa shape index (κ1) is 22.3. The number of benzene rings is 3. The smallest absolute Gasteiger partial charge is 0.267 e. The van der Waals surface area contributed by atoms with Gasteiger partial charge < -0.3 is 15.2 Å². The number of rotatable bonds is 7. The monoisotopic (exact) mass is 462 g/mol. The molecule has 0 fully saturated rings. The number of aromatic nitrogens is 1. The first-order valence-corrected chi connectivity index (χ1v) is 10.5. The molecule has 0 saturated carbocycles. The molecule has 5 nitrogen and oxygen atoms in total. The van der Waals surface area contributed by atoms with E-state index in [1.165, 1.54) is 12.1 Å². The van der Waals surface area contributed by atoms with Crippen LogP contribution in [0.15, 0.2) is 78.9 Å². The minimum atomic E-state index is -0.602. The van der Waals surface area contributed by atoms with E-state index in [1.54, 1.807) is 48.5 Å². The fourth-order valence-corrected chi connectivity index (χ4v) is 3.47. The van der Waals surface area contributed by atoms with E-state index in [1.807, 2.05) is 25.1 Å². The van der Waals surface area contributed by atoms with Gasteiger partial charge in [0.2, 0.25) is 0 Å². The first-order valence-electron chi connectivity index (χ1n) is 10.1. The van der Waals surface area contributed by atoms with Gasteiger partial charge in [-0.25, -0.2) is 9.37 Å². The van der Waals surface area contributed by atoms with E-state index in [-0.39, 0.29) is 18.1 Å². The number of hydrogen-bond acceptors (Lipinski definition) is 4. The zero-order valence-corrected chi connectivity index (χ0v) is 18.5. The fourth-order valence-electron chi connectivity index (χ4n) is 3.24. The molecule has 1 aromatic heterocycles. The van der Waals surface area contributed by atoms with Gasteiger partial charge in [-0.3, -0.25) is 4.79 Å². The Labute approximate surface area is 195 Å². The Hall–Kier alpha value is -3.90. The van der Waals surface area contributed by atoms with E-state index in [0.717, 1.165) is 16.7 Å². The molecule has 0 aliphatic heterocycles. The van der Waals surface area contributed by atoms with Gasteiger partial charge >= 0.3 is 0 Å². The highest BCUT2D eigenvalue weighted by molar-refractivity contribution is 6.30. The molecule has 0 bridgehead atoms. The molecule has 0 aliphatic carbocycles. The molecule has 0 radical (unpaired) electrons. The number of nitrogens with two attached hydrogens (primary N) is 1. The molecule has 1 amide bonds. The number of amides is 1. The first-order chi connectivity index (χ1) is 15.9. The zero-order chi connectivity index (χ0) is 23.4. The third-order valence-corrected chi connectivity index (χ3v) is 5.15. The van der Waals surface area contributed by atoms with E-state index in [0.29, 0.717) is 28.0 Å². The summed E-state index contributed by atoms with van der Waals surface area (Å²) in [5.41, 5.74) is 8.52. The maximum absolute atomic E-state index is 13.3. The van der Waals surface area contributed by atoms with E-state index in [9.17, 15) is 9.18 Å². The van der Waals surface area contributed by atoms with Gasteiger partial charge in [-0.1, -0.05) is 17.7 Å². The number of aryl methyl sites for hydroxylation is 1. The van der Waals surface area contributed by atoms with Crippen molar-refractivity contribution in [1.29, 1.82) is 0 Å². The molecule has 0 aliphatic rings. The molecule has 7 heteroatoms. The molecule has 0 spiro atoms. The standard InChI is InChI=1S/C26H20ClFN2O3/c1-16-13-19(27)6-12-24(16)32-15-18-14-17(22-3-2-4-23(30-22)26(29)31)5-11-25(18)33-21-9-7-20(28)8-10-21/h2-14H,15H2,1H3,(H2,29,31). The van der Waals surface area contributed by atoms with Gasteiger partial charge in [-0.05, 0) is 85.3 Å². The van der Waals surface area contributed by atoms with E-state index in [2.05, 4.69) is 4.98 Å². The van der Waals surface area contributed by atoms with Crippen molar-refractivity contribution >= 4 is 17.5 Å². The van der Waals surface area contributed by atoms with Crippen LogP contribution < -0.4 is 15.2 Å². The lowest BCUT2D eigenvalue weighted by molar-refractivity contribution is 0.0995. The van der Waals surface area contributed by atoms with Gasteiger partial charge in [0.25, 0.3) is 5.91 Å². The molecule has 166 valence electrons. The van der Waals surface area contributed by atoms with Crippen molar-refractivity contribution in [3.8, 4) is 28.5 Å². The zero-order valence-electron chi connectivity index (χ0n) is 17.7. The Kier molecular flexibility index (Phi) is 6.56. The van der Waals surface area contributed by atoms with Crippen LogP contribution in [0.3, 0.4) is 0 Å². The molecule has 33 heavy (non-hydrogen) atoms. The summed E-state index contributed by atoms with van der Waals surface area (Å²) in [4.78, 5) is 15.9. The van der Waals surface area contributed by atoms with Crippen molar-refractivity contribution in [1.82, 2.24) is 4.98 Å². The summed E-state index contributed by atoms with van der Waals surface area (Å²) in [7, 11) is 0. The number of halogens is 2. The molecule has 4 rings (SSSR count). The van der Waals surface area contributed by atoms with Crippen molar-refractivity contribution < 1.29 is 18.7 Å². The lowest BCUT2D eigenvalue weighted by Gasteiger charge is -2.15. The number of pyridine rings is 1. The topological polar surface area (TPSA) is 74.4 Å². The summed E-state index contributed by atoms with van der Waals surface area (Å²) in [6, 6.07) is 21.7. The Balaban J connectivity index is 1.68. The number of ether oxygens (including phenoxy) is 2. The Morgan fingerprint density at radius 1 is 1.00 bits per heavy atom. The quantitative estimate of drug-likeness (QED) is 0.348. The maximum atomic E-state index is 13.3. The number of nitrogens with zero attached hydrogens (tertiary/aromatic N) is 1. The molecule has 1 heterocycles. The van der Waals surface area contributed by atoms with Gasteiger partial charge in [0, 0.05) is 16.1 Å². The van der Waals surface area contributed by atoms with Crippen molar-refractivity contribution in [2.75, 3.05) is 0 Å². The maximum Gasteiger partial charge on any atom is 0.267 e. The minimum absolute atomic E-state index is 0.175. The molecule has 4 aromatic rings. The second kappa shape index (κ2) is 9.71. The lowest BCUT2D eigenvalue weighted by Crippen LogP contribution is -2.13. The normalized spacial score (nSPS) is 10.6. The number of hydrogen-bond donors (Lipinski definition) is 1. The van der Waals surface area contributed by atoms with Crippen LogP contribution in [0.25, 0.3) is 11.3 Å². The van der Waals surface area contributed by atoms with Crippen LogP contribution >= 0.6 is 11.6 Å². The van der Waals surface area contributed by atoms with Gasteiger partial charge in [-0.15, -0.1) is 0 Å². The largest absolute Gasteiger partial charge is 0.488 e. The summed E-state index contributed by atoms with van der Waals surface area (Å²) in [5.74, 6) is 0.770. The predicted molar refractivity (Wildman–Crippen MR) is 125 cm³/mol. The van der Waals surface area contributed by atoms with Crippen LogP contribution in [-0.2, 0) is 6.61 Å². The summed E-state index contributed by atoms with van der Waals surface area (Å²) < 4.78 is 25.3. The van der Waals surface area contributed by atoms with Crippen molar-refractivity contribution in [2.45, 2.75) is 13.5 Å². The molecule has 2 N–H and O–H groups in total. The average Bonchev–Trinajstić information content (AvgIpc) is 2.81. The van der Waals surface area contributed by atoms with Crippen LogP contribution in [0.4, 0.5) is 4.39 Å². The summed E-state index contributed by atoms with van der Waals surface area (Å²) in [6.07, 6.45) is 0. The predicted octanol–water partition coefficient (Wildman–Crippen LogP) is 6.32. The molecule has 0 saturated heterocycles. The fraction of sp³-hybridized carbons (Fsp3) is 0.0769. The second-order valence-corrected chi connectivity index (χ2v) is 7.79. The van der Waals surface area contributed by atoms with Crippen molar-refractivity contribution in [3.05, 3.63) is 107 Å². The second-order valence-electron chi connectivity index (χ2n) is 7.35. The van der Waals surface area contributed by atoms with Gasteiger partial charge in [0.15, 0.2) is 0 Å².